The largest absolute Gasteiger partial charge is 0.328 e. The Labute approximate surface area is 76.1 Å². The van der Waals surface area contributed by atoms with Crippen molar-refractivity contribution in [1.29, 1.82) is 0 Å². The van der Waals surface area contributed by atoms with Crippen LogP contribution in [0.5, 0.6) is 0 Å². The molecule has 0 aromatic heterocycles. The van der Waals surface area contributed by atoms with Gasteiger partial charge < -0.3 is 10.6 Å². The number of likely N-dealkylation sites (tertiary alicyclic amines) is 1. The van der Waals surface area contributed by atoms with Crippen LogP contribution in [0.25, 0.3) is 0 Å². The minimum Gasteiger partial charge on any atom is -0.328 e. The van der Waals surface area contributed by atoms with Gasteiger partial charge in [0.2, 0.25) is 0 Å². The number of hydrogen-bond acceptors (Lipinski definition) is 2. The van der Waals surface area contributed by atoms with Gasteiger partial charge in [0, 0.05) is 18.1 Å². The molecule has 12 heavy (non-hydrogen) atoms. The fourth-order valence-electron chi connectivity index (χ4n) is 2.00. The summed E-state index contributed by atoms with van der Waals surface area (Å²) in [6, 6.07) is 1.91. The third-order valence-corrected chi connectivity index (χ3v) is 3.29. The number of nitrogens with zero attached hydrogens (tertiary/aromatic N) is 1. The maximum absolute atomic E-state index is 5.93. The zero-order chi connectivity index (χ0) is 9.14. The van der Waals surface area contributed by atoms with Gasteiger partial charge in [0.05, 0.1) is 0 Å². The smallest absolute Gasteiger partial charge is 0.0110 e. The zero-order valence-electron chi connectivity index (χ0n) is 8.59. The van der Waals surface area contributed by atoms with Gasteiger partial charge in [-0.1, -0.05) is 6.92 Å². The van der Waals surface area contributed by atoms with E-state index in [1.807, 2.05) is 0 Å². The quantitative estimate of drug-likeness (QED) is 0.697. The number of rotatable bonds is 3. The van der Waals surface area contributed by atoms with Crippen LogP contribution in [-0.2, 0) is 0 Å². The van der Waals surface area contributed by atoms with Crippen LogP contribution in [0, 0.1) is 0 Å². The predicted octanol–water partition coefficient (Wildman–Crippen LogP) is 1.60. The summed E-state index contributed by atoms with van der Waals surface area (Å²) in [5.74, 6) is 0. The molecule has 0 bridgehead atoms. The Bertz CT molecular complexity index is 136. The summed E-state index contributed by atoms with van der Waals surface area (Å²) in [5, 5.41) is 0. The van der Waals surface area contributed by atoms with Gasteiger partial charge in [-0.15, -0.1) is 0 Å². The molecule has 2 N–H and O–H groups in total. The van der Waals surface area contributed by atoms with E-state index in [-0.39, 0.29) is 0 Å². The van der Waals surface area contributed by atoms with Crippen molar-refractivity contribution in [3.05, 3.63) is 0 Å². The van der Waals surface area contributed by atoms with Gasteiger partial charge >= 0.3 is 0 Å². The van der Waals surface area contributed by atoms with Crippen LogP contribution < -0.4 is 5.73 Å². The standard InChI is InChI=1S/C10H22N2/c1-4-9(11)7-10-6-5-8(2)12(10)3/h8-10H,4-7,11H2,1-3H3/t8-,9?,10+/m1/s1. The second-order valence-electron chi connectivity index (χ2n) is 4.15. The molecule has 0 aliphatic carbocycles. The summed E-state index contributed by atoms with van der Waals surface area (Å²) in [7, 11) is 2.23. The van der Waals surface area contributed by atoms with Crippen molar-refractivity contribution in [3.63, 3.8) is 0 Å². The van der Waals surface area contributed by atoms with Crippen molar-refractivity contribution < 1.29 is 0 Å². The first-order valence-electron chi connectivity index (χ1n) is 5.12. The Morgan fingerprint density at radius 1 is 1.50 bits per heavy atom. The first-order valence-corrected chi connectivity index (χ1v) is 5.12. The highest BCUT2D eigenvalue weighted by Gasteiger charge is 2.27. The molecular weight excluding hydrogens is 148 g/mol. The van der Waals surface area contributed by atoms with Crippen molar-refractivity contribution in [2.75, 3.05) is 7.05 Å². The fourth-order valence-corrected chi connectivity index (χ4v) is 2.00. The van der Waals surface area contributed by atoms with Crippen molar-refractivity contribution in [2.45, 2.75) is 57.7 Å². The van der Waals surface area contributed by atoms with E-state index in [4.69, 9.17) is 5.73 Å². The number of nitrogens with two attached hydrogens (primary N) is 1. The maximum Gasteiger partial charge on any atom is 0.0110 e. The summed E-state index contributed by atoms with van der Waals surface area (Å²) in [5.41, 5.74) is 5.93. The van der Waals surface area contributed by atoms with Crippen molar-refractivity contribution in [1.82, 2.24) is 4.90 Å². The Hall–Kier alpha value is -0.0800. The van der Waals surface area contributed by atoms with Gasteiger partial charge in [-0.2, -0.15) is 0 Å². The van der Waals surface area contributed by atoms with Crippen LogP contribution >= 0.6 is 0 Å². The molecule has 1 rings (SSSR count). The van der Waals surface area contributed by atoms with Crippen LogP contribution in [0.15, 0.2) is 0 Å². The van der Waals surface area contributed by atoms with Gasteiger partial charge in [0.1, 0.15) is 0 Å². The fraction of sp³-hybridized carbons (Fsp3) is 1.00. The van der Waals surface area contributed by atoms with Crippen LogP contribution in [0.1, 0.15) is 39.5 Å². The van der Waals surface area contributed by atoms with Crippen molar-refractivity contribution in [3.8, 4) is 0 Å². The van der Waals surface area contributed by atoms with Gasteiger partial charge in [-0.25, -0.2) is 0 Å². The molecule has 0 radical (unpaired) electrons. The topological polar surface area (TPSA) is 29.3 Å². The van der Waals surface area contributed by atoms with Crippen LogP contribution in [0.4, 0.5) is 0 Å². The van der Waals surface area contributed by atoms with Crippen LogP contribution in [0.3, 0.4) is 0 Å². The monoisotopic (exact) mass is 170 g/mol. The van der Waals surface area contributed by atoms with E-state index in [2.05, 4.69) is 25.8 Å². The summed E-state index contributed by atoms with van der Waals surface area (Å²) in [6.45, 7) is 4.47. The van der Waals surface area contributed by atoms with E-state index in [9.17, 15) is 0 Å². The van der Waals surface area contributed by atoms with E-state index in [0.717, 1.165) is 18.5 Å². The highest BCUT2D eigenvalue weighted by atomic mass is 15.2. The first kappa shape index (κ1) is 10.0. The Balaban J connectivity index is 2.33. The molecule has 0 aromatic rings. The van der Waals surface area contributed by atoms with Gasteiger partial charge in [-0.3, -0.25) is 0 Å². The minimum absolute atomic E-state index is 0.405. The SMILES string of the molecule is CCC(N)C[C@@H]1CC[C@@H](C)N1C. The molecule has 0 amide bonds. The second kappa shape index (κ2) is 4.24. The third kappa shape index (κ3) is 2.20. The molecule has 1 aliphatic heterocycles. The molecule has 1 heterocycles. The maximum atomic E-state index is 5.93. The normalized spacial score (nSPS) is 34.0. The molecule has 1 saturated heterocycles. The van der Waals surface area contributed by atoms with E-state index in [0.29, 0.717) is 6.04 Å². The van der Waals surface area contributed by atoms with Crippen molar-refractivity contribution >= 4 is 0 Å². The van der Waals surface area contributed by atoms with Gasteiger partial charge in [0.15, 0.2) is 0 Å². The Morgan fingerprint density at radius 2 is 2.17 bits per heavy atom. The van der Waals surface area contributed by atoms with E-state index >= 15 is 0 Å². The number of hydrogen-bond donors (Lipinski definition) is 1. The summed E-state index contributed by atoms with van der Waals surface area (Å²) >= 11 is 0. The first-order chi connectivity index (χ1) is 5.65. The molecule has 0 saturated carbocycles. The van der Waals surface area contributed by atoms with E-state index < -0.39 is 0 Å². The van der Waals surface area contributed by atoms with Gasteiger partial charge in [-0.05, 0) is 39.7 Å². The van der Waals surface area contributed by atoms with E-state index in [1.54, 1.807) is 0 Å². The van der Waals surface area contributed by atoms with Gasteiger partial charge in [0.25, 0.3) is 0 Å². The lowest BCUT2D eigenvalue weighted by Crippen LogP contribution is -2.35. The molecule has 1 unspecified atom stereocenters. The minimum atomic E-state index is 0.405. The average molecular weight is 170 g/mol. The zero-order valence-corrected chi connectivity index (χ0v) is 8.59. The Kier molecular flexibility index (Phi) is 3.53. The highest BCUT2D eigenvalue weighted by molar-refractivity contribution is 4.84. The lowest BCUT2D eigenvalue weighted by atomic mass is 10.0. The summed E-state index contributed by atoms with van der Waals surface area (Å²) in [6.07, 6.45) is 4.97. The van der Waals surface area contributed by atoms with Crippen molar-refractivity contribution in [2.24, 2.45) is 5.73 Å². The molecule has 1 aliphatic rings. The highest BCUT2D eigenvalue weighted by Crippen LogP contribution is 2.24. The molecule has 3 atom stereocenters. The molecular formula is C10H22N2. The molecule has 2 nitrogen and oxygen atoms in total. The third-order valence-electron chi connectivity index (χ3n) is 3.29. The molecule has 0 spiro atoms. The molecule has 2 heteroatoms. The molecule has 1 fully saturated rings. The molecule has 0 aromatic carbocycles. The van der Waals surface area contributed by atoms with Crippen LogP contribution in [0.2, 0.25) is 0 Å². The van der Waals surface area contributed by atoms with Crippen LogP contribution in [-0.4, -0.2) is 30.1 Å². The second-order valence-corrected chi connectivity index (χ2v) is 4.15. The average Bonchev–Trinajstić information content (AvgIpc) is 2.36. The lowest BCUT2D eigenvalue weighted by molar-refractivity contribution is 0.232. The molecule has 72 valence electrons. The lowest BCUT2D eigenvalue weighted by Gasteiger charge is -2.25. The van der Waals surface area contributed by atoms with E-state index in [1.165, 1.54) is 19.3 Å². The predicted molar refractivity (Wildman–Crippen MR) is 53.1 cm³/mol. The summed E-state index contributed by atoms with van der Waals surface area (Å²) < 4.78 is 0. The Morgan fingerprint density at radius 3 is 2.58 bits per heavy atom. The summed E-state index contributed by atoms with van der Waals surface area (Å²) in [4.78, 5) is 2.48.